The molecule has 2 nitrogen and oxygen atoms in total. The van der Waals surface area contributed by atoms with Crippen molar-refractivity contribution in [2.45, 2.75) is 20.0 Å². The third kappa shape index (κ3) is 2.90. The van der Waals surface area contributed by atoms with Crippen molar-refractivity contribution in [1.82, 2.24) is 0 Å². The molecule has 2 aromatic carbocycles. The van der Waals surface area contributed by atoms with Gasteiger partial charge >= 0.3 is 0 Å². The third-order valence-electron chi connectivity index (χ3n) is 2.80. The molecule has 0 fully saturated rings. The van der Waals surface area contributed by atoms with Crippen LogP contribution < -0.4 is 4.74 Å². The van der Waals surface area contributed by atoms with E-state index in [1.807, 2.05) is 0 Å². The summed E-state index contributed by atoms with van der Waals surface area (Å²) < 4.78 is 32.5. The molecule has 0 spiro atoms. The Morgan fingerprint density at radius 1 is 1.11 bits per heavy atom. The molecule has 19 heavy (non-hydrogen) atoms. The third-order valence-corrected chi connectivity index (χ3v) is 2.80. The fourth-order valence-corrected chi connectivity index (χ4v) is 1.78. The number of hydrogen-bond acceptors (Lipinski definition) is 2. The summed E-state index contributed by atoms with van der Waals surface area (Å²) in [6.07, 6.45) is -1.01. The zero-order chi connectivity index (χ0) is 14.0. The summed E-state index contributed by atoms with van der Waals surface area (Å²) >= 11 is 0. The number of rotatable bonds is 3. The number of aliphatic hydroxyl groups is 1. The van der Waals surface area contributed by atoms with E-state index in [-0.39, 0.29) is 17.1 Å². The highest BCUT2D eigenvalue weighted by Crippen LogP contribution is 2.32. The van der Waals surface area contributed by atoms with Crippen LogP contribution in [-0.4, -0.2) is 5.11 Å². The molecule has 0 unspecified atom stereocenters. The maximum Gasteiger partial charge on any atom is 0.136 e. The maximum absolute atomic E-state index is 13.6. The molecule has 1 N–H and O–H groups in total. The topological polar surface area (TPSA) is 29.5 Å². The molecular weight excluding hydrogens is 250 g/mol. The number of hydrogen-bond donors (Lipinski definition) is 1. The predicted octanol–water partition coefficient (Wildman–Crippen LogP) is 4.12. The van der Waals surface area contributed by atoms with Gasteiger partial charge < -0.3 is 9.84 Å². The van der Waals surface area contributed by atoms with Gasteiger partial charge in [0, 0.05) is 6.07 Å². The summed E-state index contributed by atoms with van der Waals surface area (Å²) in [4.78, 5) is 0. The average Bonchev–Trinajstić information content (AvgIpc) is 2.33. The molecule has 0 amide bonds. The zero-order valence-electron chi connectivity index (χ0n) is 10.7. The first-order valence-electron chi connectivity index (χ1n) is 5.89. The number of aliphatic hydroxyl groups excluding tert-OH is 1. The van der Waals surface area contributed by atoms with E-state index in [4.69, 9.17) is 4.74 Å². The van der Waals surface area contributed by atoms with Crippen LogP contribution in [0.4, 0.5) is 8.78 Å². The minimum atomic E-state index is -1.01. The molecule has 0 heterocycles. The van der Waals surface area contributed by atoms with Crippen LogP contribution in [0.5, 0.6) is 11.5 Å². The fourth-order valence-electron chi connectivity index (χ4n) is 1.78. The molecule has 0 aliphatic heterocycles. The number of ether oxygens (including phenoxy) is 1. The van der Waals surface area contributed by atoms with Gasteiger partial charge in [0.1, 0.15) is 23.1 Å². The highest BCUT2D eigenvalue weighted by atomic mass is 19.1. The van der Waals surface area contributed by atoms with Gasteiger partial charge in [-0.2, -0.15) is 0 Å². The van der Waals surface area contributed by atoms with E-state index in [0.29, 0.717) is 5.56 Å². The Hall–Kier alpha value is -1.94. The second-order valence-electron chi connectivity index (χ2n) is 4.34. The lowest BCUT2D eigenvalue weighted by atomic mass is 10.1. The molecule has 0 aliphatic carbocycles. The van der Waals surface area contributed by atoms with Crippen molar-refractivity contribution < 1.29 is 18.6 Å². The first-order valence-corrected chi connectivity index (χ1v) is 5.89. The van der Waals surface area contributed by atoms with E-state index in [1.54, 1.807) is 19.1 Å². The van der Waals surface area contributed by atoms with E-state index >= 15 is 0 Å². The summed E-state index contributed by atoms with van der Waals surface area (Å²) in [5, 5.41) is 9.57. The molecule has 0 saturated heterocycles. The molecule has 0 radical (unpaired) electrons. The van der Waals surface area contributed by atoms with Crippen molar-refractivity contribution >= 4 is 0 Å². The summed E-state index contributed by atoms with van der Waals surface area (Å²) in [5.74, 6) is -0.513. The van der Waals surface area contributed by atoms with Crippen molar-refractivity contribution in [3.05, 3.63) is 59.2 Å². The van der Waals surface area contributed by atoms with Crippen molar-refractivity contribution in [3.63, 3.8) is 0 Å². The van der Waals surface area contributed by atoms with Crippen molar-refractivity contribution in [2.75, 3.05) is 0 Å². The second-order valence-corrected chi connectivity index (χ2v) is 4.34. The number of aryl methyl sites for hydroxylation is 1. The lowest BCUT2D eigenvalue weighted by Gasteiger charge is -2.14. The Morgan fingerprint density at radius 2 is 1.84 bits per heavy atom. The Balaban J connectivity index is 2.38. The molecule has 2 rings (SSSR count). The van der Waals surface area contributed by atoms with Crippen LogP contribution >= 0.6 is 0 Å². The molecule has 0 aromatic heterocycles. The van der Waals surface area contributed by atoms with Gasteiger partial charge in [0.05, 0.1) is 11.7 Å². The molecule has 0 aliphatic rings. The molecule has 1 atom stereocenters. The molecule has 4 heteroatoms. The van der Waals surface area contributed by atoms with E-state index in [2.05, 4.69) is 0 Å². The molecule has 0 saturated carbocycles. The Kier molecular flexibility index (Phi) is 3.81. The normalized spacial score (nSPS) is 12.3. The van der Waals surface area contributed by atoms with Crippen LogP contribution in [0.15, 0.2) is 36.4 Å². The van der Waals surface area contributed by atoms with E-state index in [0.717, 1.165) is 0 Å². The monoisotopic (exact) mass is 264 g/mol. The predicted molar refractivity (Wildman–Crippen MR) is 68.2 cm³/mol. The standard InChI is InChI=1S/C15H14F2O2/c1-9-6-7-11(8-13(9)17)19-14-5-3-4-12(16)15(14)10(2)18/h3-8,10,18H,1-2H3/t10-/m1/s1. The first-order chi connectivity index (χ1) is 8.99. The van der Waals surface area contributed by atoms with Crippen LogP contribution in [0.25, 0.3) is 0 Å². The van der Waals surface area contributed by atoms with Gasteiger partial charge in [-0.15, -0.1) is 0 Å². The van der Waals surface area contributed by atoms with E-state index < -0.39 is 17.7 Å². The number of benzene rings is 2. The zero-order valence-corrected chi connectivity index (χ0v) is 10.7. The van der Waals surface area contributed by atoms with Crippen LogP contribution in [0.2, 0.25) is 0 Å². The number of halogens is 2. The average molecular weight is 264 g/mol. The highest BCUT2D eigenvalue weighted by molar-refractivity contribution is 5.40. The second kappa shape index (κ2) is 5.36. The summed E-state index contributed by atoms with van der Waals surface area (Å²) in [6.45, 7) is 3.09. The summed E-state index contributed by atoms with van der Waals surface area (Å²) in [5.41, 5.74) is 0.561. The molecular formula is C15H14F2O2. The van der Waals surface area contributed by atoms with Crippen molar-refractivity contribution in [3.8, 4) is 11.5 Å². The van der Waals surface area contributed by atoms with Gasteiger partial charge in [-0.1, -0.05) is 12.1 Å². The van der Waals surface area contributed by atoms with E-state index in [1.165, 1.54) is 31.2 Å². The SMILES string of the molecule is Cc1ccc(Oc2cccc(F)c2[C@@H](C)O)cc1F. The largest absolute Gasteiger partial charge is 0.457 e. The van der Waals surface area contributed by atoms with Gasteiger partial charge in [-0.3, -0.25) is 0 Å². The van der Waals surface area contributed by atoms with Crippen LogP contribution in [-0.2, 0) is 0 Å². The molecule has 100 valence electrons. The van der Waals surface area contributed by atoms with E-state index in [9.17, 15) is 13.9 Å². The smallest absolute Gasteiger partial charge is 0.136 e. The van der Waals surface area contributed by atoms with Crippen LogP contribution in [0.1, 0.15) is 24.2 Å². The van der Waals surface area contributed by atoms with Crippen LogP contribution in [0.3, 0.4) is 0 Å². The molecule has 2 aromatic rings. The van der Waals surface area contributed by atoms with Crippen LogP contribution in [0, 0.1) is 18.6 Å². The van der Waals surface area contributed by atoms with Gasteiger partial charge in [0.2, 0.25) is 0 Å². The summed E-state index contributed by atoms with van der Waals surface area (Å²) in [6, 6.07) is 8.64. The Labute approximate surface area is 110 Å². The lowest BCUT2D eigenvalue weighted by molar-refractivity contribution is 0.190. The highest BCUT2D eigenvalue weighted by Gasteiger charge is 2.15. The van der Waals surface area contributed by atoms with Gasteiger partial charge in [-0.25, -0.2) is 8.78 Å². The summed E-state index contributed by atoms with van der Waals surface area (Å²) in [7, 11) is 0. The minimum Gasteiger partial charge on any atom is -0.457 e. The van der Waals surface area contributed by atoms with Crippen molar-refractivity contribution in [2.24, 2.45) is 0 Å². The van der Waals surface area contributed by atoms with Crippen molar-refractivity contribution in [1.29, 1.82) is 0 Å². The van der Waals surface area contributed by atoms with Gasteiger partial charge in [0.25, 0.3) is 0 Å². The Morgan fingerprint density at radius 3 is 2.47 bits per heavy atom. The Bertz CT molecular complexity index is 595. The lowest BCUT2D eigenvalue weighted by Crippen LogP contribution is -2.00. The van der Waals surface area contributed by atoms with Gasteiger partial charge in [-0.05, 0) is 37.6 Å². The fraction of sp³-hybridized carbons (Fsp3) is 0.200. The first kappa shape index (κ1) is 13.5. The minimum absolute atomic E-state index is 0.0588. The maximum atomic E-state index is 13.6. The quantitative estimate of drug-likeness (QED) is 0.903. The molecule has 0 bridgehead atoms. The van der Waals surface area contributed by atoms with Gasteiger partial charge in [0.15, 0.2) is 0 Å².